The molecule has 0 saturated heterocycles. The number of hydrogen-bond acceptors (Lipinski definition) is 1. The summed E-state index contributed by atoms with van der Waals surface area (Å²) in [7, 11) is 0. The lowest BCUT2D eigenvalue weighted by Gasteiger charge is -2.16. The molecule has 3 aliphatic carbocycles. The monoisotopic (exact) mass is 263 g/mol. The Balaban J connectivity index is 1.26. The van der Waals surface area contributed by atoms with E-state index in [0.29, 0.717) is 6.04 Å². The largest absolute Gasteiger partial charge is 0.327 e. The van der Waals surface area contributed by atoms with Crippen LogP contribution >= 0.6 is 0 Å². The standard InChI is InChI=1S/C18H33N/c1-2-3-4-5-6-7-8-9-15(19)18-16-13-10-11-14(12-13)17(16)18/h13-18H,2-12,19H2,1H3. The SMILES string of the molecule is CCCCCCCCCC(N)C1C2C3CCC(C3)C12. The topological polar surface area (TPSA) is 26.0 Å². The minimum atomic E-state index is 0.550. The second-order valence-corrected chi connectivity index (χ2v) is 7.64. The third kappa shape index (κ3) is 2.86. The highest BCUT2D eigenvalue weighted by Crippen LogP contribution is 2.70. The summed E-state index contributed by atoms with van der Waals surface area (Å²) in [6.45, 7) is 2.29. The normalized spacial score (nSPS) is 40.4. The Bertz CT molecular complexity index is 271. The summed E-state index contributed by atoms with van der Waals surface area (Å²) in [6, 6.07) is 0.550. The van der Waals surface area contributed by atoms with Crippen LogP contribution in [0.4, 0.5) is 0 Å². The molecule has 0 aromatic heterocycles. The molecule has 3 fully saturated rings. The molecule has 0 aromatic carbocycles. The van der Waals surface area contributed by atoms with Crippen LogP contribution in [0.15, 0.2) is 0 Å². The number of rotatable bonds is 9. The van der Waals surface area contributed by atoms with Crippen molar-refractivity contribution < 1.29 is 0 Å². The Morgan fingerprint density at radius 3 is 2.11 bits per heavy atom. The molecule has 0 spiro atoms. The van der Waals surface area contributed by atoms with Gasteiger partial charge in [-0.2, -0.15) is 0 Å². The van der Waals surface area contributed by atoms with Crippen LogP contribution in [0.25, 0.3) is 0 Å². The Labute approximate surface area is 119 Å². The van der Waals surface area contributed by atoms with Gasteiger partial charge in [0, 0.05) is 6.04 Å². The molecule has 2 bridgehead atoms. The first-order valence-corrected chi connectivity index (χ1v) is 9.08. The van der Waals surface area contributed by atoms with Crippen molar-refractivity contribution in [3.05, 3.63) is 0 Å². The van der Waals surface area contributed by atoms with Crippen molar-refractivity contribution in [2.75, 3.05) is 0 Å². The maximum atomic E-state index is 6.48. The van der Waals surface area contributed by atoms with Crippen LogP contribution in [0.5, 0.6) is 0 Å². The number of hydrogen-bond donors (Lipinski definition) is 1. The molecule has 3 saturated carbocycles. The van der Waals surface area contributed by atoms with Crippen molar-refractivity contribution in [1.29, 1.82) is 0 Å². The molecule has 0 aliphatic heterocycles. The molecule has 0 heterocycles. The number of unbranched alkanes of at least 4 members (excludes halogenated alkanes) is 6. The fourth-order valence-electron chi connectivity index (χ4n) is 5.49. The van der Waals surface area contributed by atoms with Crippen LogP contribution in [0.3, 0.4) is 0 Å². The maximum absolute atomic E-state index is 6.48. The molecule has 0 aromatic rings. The van der Waals surface area contributed by atoms with Gasteiger partial charge in [-0.25, -0.2) is 0 Å². The molecule has 5 unspecified atom stereocenters. The summed E-state index contributed by atoms with van der Waals surface area (Å²) < 4.78 is 0. The second kappa shape index (κ2) is 6.16. The Morgan fingerprint density at radius 2 is 1.47 bits per heavy atom. The van der Waals surface area contributed by atoms with Crippen LogP contribution in [0.2, 0.25) is 0 Å². The Kier molecular flexibility index (Phi) is 4.51. The lowest BCUT2D eigenvalue weighted by atomic mass is 9.94. The molecular weight excluding hydrogens is 230 g/mol. The zero-order valence-corrected chi connectivity index (χ0v) is 12.8. The molecule has 19 heavy (non-hydrogen) atoms. The quantitative estimate of drug-likeness (QED) is 0.597. The second-order valence-electron chi connectivity index (χ2n) is 7.64. The van der Waals surface area contributed by atoms with Crippen molar-refractivity contribution >= 4 is 0 Å². The van der Waals surface area contributed by atoms with E-state index >= 15 is 0 Å². The molecule has 3 aliphatic rings. The van der Waals surface area contributed by atoms with Crippen molar-refractivity contribution in [3.63, 3.8) is 0 Å². The number of fused-ring (bicyclic) bond motifs is 5. The molecule has 0 amide bonds. The van der Waals surface area contributed by atoms with Crippen LogP contribution in [-0.2, 0) is 0 Å². The first-order chi connectivity index (χ1) is 9.33. The minimum Gasteiger partial charge on any atom is -0.327 e. The van der Waals surface area contributed by atoms with Gasteiger partial charge in [-0.05, 0) is 55.3 Å². The van der Waals surface area contributed by atoms with E-state index in [1.165, 1.54) is 64.2 Å². The Morgan fingerprint density at radius 1 is 0.895 bits per heavy atom. The van der Waals surface area contributed by atoms with Crippen molar-refractivity contribution in [2.45, 2.75) is 83.6 Å². The van der Waals surface area contributed by atoms with Crippen LogP contribution in [0.1, 0.15) is 77.6 Å². The summed E-state index contributed by atoms with van der Waals surface area (Å²) in [4.78, 5) is 0. The van der Waals surface area contributed by atoms with Gasteiger partial charge < -0.3 is 5.73 Å². The van der Waals surface area contributed by atoms with E-state index in [4.69, 9.17) is 5.73 Å². The third-order valence-electron chi connectivity index (χ3n) is 6.43. The molecular formula is C18H33N. The highest BCUT2D eigenvalue weighted by Gasteiger charge is 2.65. The zero-order chi connectivity index (χ0) is 13.2. The van der Waals surface area contributed by atoms with Gasteiger partial charge in [0.15, 0.2) is 0 Å². The third-order valence-corrected chi connectivity index (χ3v) is 6.43. The van der Waals surface area contributed by atoms with E-state index in [9.17, 15) is 0 Å². The zero-order valence-electron chi connectivity index (χ0n) is 12.8. The lowest BCUT2D eigenvalue weighted by molar-refractivity contribution is 0.389. The summed E-state index contributed by atoms with van der Waals surface area (Å²) in [5.41, 5.74) is 6.48. The molecule has 2 N–H and O–H groups in total. The summed E-state index contributed by atoms with van der Waals surface area (Å²) in [5.74, 6) is 5.31. The molecule has 5 atom stereocenters. The van der Waals surface area contributed by atoms with Gasteiger partial charge in [0.2, 0.25) is 0 Å². The van der Waals surface area contributed by atoms with Crippen LogP contribution in [-0.4, -0.2) is 6.04 Å². The van der Waals surface area contributed by atoms with Gasteiger partial charge in [-0.1, -0.05) is 51.9 Å². The van der Waals surface area contributed by atoms with E-state index < -0.39 is 0 Å². The first-order valence-electron chi connectivity index (χ1n) is 9.08. The molecule has 1 heteroatoms. The average molecular weight is 263 g/mol. The van der Waals surface area contributed by atoms with Crippen molar-refractivity contribution in [2.24, 2.45) is 35.3 Å². The molecule has 110 valence electrons. The average Bonchev–Trinajstić information content (AvgIpc) is 2.86. The van der Waals surface area contributed by atoms with Crippen molar-refractivity contribution in [3.8, 4) is 0 Å². The molecule has 0 radical (unpaired) electrons. The molecule has 1 nitrogen and oxygen atoms in total. The van der Waals surface area contributed by atoms with Gasteiger partial charge in [-0.3, -0.25) is 0 Å². The first kappa shape index (κ1) is 13.9. The Hall–Kier alpha value is -0.0400. The maximum Gasteiger partial charge on any atom is 0.00728 e. The van der Waals surface area contributed by atoms with E-state index in [0.717, 1.165) is 29.6 Å². The predicted octanol–water partition coefficient (Wildman–Crippen LogP) is 4.75. The predicted molar refractivity (Wildman–Crippen MR) is 81.9 cm³/mol. The smallest absolute Gasteiger partial charge is 0.00728 e. The van der Waals surface area contributed by atoms with Gasteiger partial charge >= 0.3 is 0 Å². The van der Waals surface area contributed by atoms with E-state index in [2.05, 4.69) is 6.92 Å². The highest BCUT2D eigenvalue weighted by atomic mass is 14.8. The summed E-state index contributed by atoms with van der Waals surface area (Å²) in [6.07, 6.45) is 15.9. The van der Waals surface area contributed by atoms with Crippen molar-refractivity contribution in [1.82, 2.24) is 0 Å². The molecule has 3 rings (SSSR count). The lowest BCUT2D eigenvalue weighted by Crippen LogP contribution is -2.26. The fourth-order valence-corrected chi connectivity index (χ4v) is 5.49. The fraction of sp³-hybridized carbons (Fsp3) is 1.00. The van der Waals surface area contributed by atoms with Gasteiger partial charge in [-0.15, -0.1) is 0 Å². The summed E-state index contributed by atoms with van der Waals surface area (Å²) in [5, 5.41) is 0. The summed E-state index contributed by atoms with van der Waals surface area (Å²) >= 11 is 0. The number of nitrogens with two attached hydrogens (primary N) is 1. The van der Waals surface area contributed by atoms with Crippen LogP contribution in [0, 0.1) is 29.6 Å². The van der Waals surface area contributed by atoms with Gasteiger partial charge in [0.25, 0.3) is 0 Å². The minimum absolute atomic E-state index is 0.550. The highest BCUT2D eigenvalue weighted by molar-refractivity contribution is 5.15. The van der Waals surface area contributed by atoms with Gasteiger partial charge in [0.05, 0.1) is 0 Å². The van der Waals surface area contributed by atoms with Gasteiger partial charge in [0.1, 0.15) is 0 Å². The van der Waals surface area contributed by atoms with E-state index in [-0.39, 0.29) is 0 Å². The van der Waals surface area contributed by atoms with E-state index in [1.54, 1.807) is 6.42 Å². The van der Waals surface area contributed by atoms with Crippen LogP contribution < -0.4 is 5.73 Å². The van der Waals surface area contributed by atoms with E-state index in [1.807, 2.05) is 0 Å².